The Morgan fingerprint density at radius 2 is 2.18 bits per heavy atom. The monoisotopic (exact) mass is 299 g/mol. The fourth-order valence-electron chi connectivity index (χ4n) is 2.34. The van der Waals surface area contributed by atoms with Gasteiger partial charge in [0.1, 0.15) is 12.1 Å². The molecule has 6 nitrogen and oxygen atoms in total. The Balaban J connectivity index is 1.85. The van der Waals surface area contributed by atoms with Crippen LogP contribution >= 0.6 is 0 Å². The van der Waals surface area contributed by atoms with E-state index in [1.165, 1.54) is 18.5 Å². The molecule has 3 aromatic rings. The number of fused-ring (bicyclic) bond motifs is 1. The van der Waals surface area contributed by atoms with E-state index in [2.05, 4.69) is 20.4 Å². The maximum atomic E-state index is 13.1. The first kappa shape index (κ1) is 14.1. The lowest BCUT2D eigenvalue weighted by Crippen LogP contribution is -2.17. The third-order valence-corrected chi connectivity index (χ3v) is 3.43. The summed E-state index contributed by atoms with van der Waals surface area (Å²) in [6.45, 7) is 3.69. The van der Waals surface area contributed by atoms with Gasteiger partial charge in [0.05, 0.1) is 6.42 Å². The number of aryl methyl sites for hydroxylation is 2. The largest absolute Gasteiger partial charge is 0.326 e. The zero-order valence-electron chi connectivity index (χ0n) is 12.2. The van der Waals surface area contributed by atoms with E-state index < -0.39 is 5.82 Å². The van der Waals surface area contributed by atoms with Gasteiger partial charge in [-0.15, -0.1) is 0 Å². The Labute approximate surface area is 126 Å². The molecule has 0 unspecified atom stereocenters. The van der Waals surface area contributed by atoms with E-state index >= 15 is 0 Å². The molecule has 1 N–H and O–H groups in total. The van der Waals surface area contributed by atoms with Crippen LogP contribution in [0.1, 0.15) is 17.0 Å². The average molecular weight is 299 g/mol. The van der Waals surface area contributed by atoms with Crippen LogP contribution in [0.15, 0.2) is 30.6 Å². The van der Waals surface area contributed by atoms with Crippen molar-refractivity contribution in [3.05, 3.63) is 53.4 Å². The van der Waals surface area contributed by atoms with Gasteiger partial charge in [0.15, 0.2) is 0 Å². The molecule has 1 amide bonds. The second-order valence-corrected chi connectivity index (χ2v) is 4.97. The van der Waals surface area contributed by atoms with Crippen molar-refractivity contribution in [2.24, 2.45) is 0 Å². The van der Waals surface area contributed by atoms with E-state index in [0.717, 1.165) is 17.0 Å². The Kier molecular flexibility index (Phi) is 3.54. The summed E-state index contributed by atoms with van der Waals surface area (Å²) >= 11 is 0. The summed E-state index contributed by atoms with van der Waals surface area (Å²) in [5, 5.41) is 6.76. The van der Waals surface area contributed by atoms with Gasteiger partial charge in [0, 0.05) is 22.6 Å². The number of hydrogen-bond donors (Lipinski definition) is 1. The summed E-state index contributed by atoms with van der Waals surface area (Å²) in [7, 11) is 0. The van der Waals surface area contributed by atoms with Crippen LogP contribution in [0.2, 0.25) is 0 Å². The zero-order chi connectivity index (χ0) is 15.7. The van der Waals surface area contributed by atoms with Gasteiger partial charge in [-0.1, -0.05) is 6.07 Å². The molecule has 0 aliphatic carbocycles. The predicted molar refractivity (Wildman–Crippen MR) is 79.0 cm³/mol. The van der Waals surface area contributed by atoms with Crippen LogP contribution in [-0.4, -0.2) is 25.5 Å². The van der Waals surface area contributed by atoms with E-state index in [9.17, 15) is 9.18 Å². The van der Waals surface area contributed by atoms with Crippen LogP contribution < -0.4 is 5.32 Å². The molecule has 0 spiro atoms. The van der Waals surface area contributed by atoms with Crippen molar-refractivity contribution < 1.29 is 9.18 Å². The van der Waals surface area contributed by atoms with Gasteiger partial charge in [-0.2, -0.15) is 10.1 Å². The van der Waals surface area contributed by atoms with E-state index in [0.29, 0.717) is 11.5 Å². The topological polar surface area (TPSA) is 72.2 Å². The smallest absolute Gasteiger partial charge is 0.252 e. The number of rotatable bonds is 3. The van der Waals surface area contributed by atoms with Crippen molar-refractivity contribution in [3.63, 3.8) is 0 Å². The molecule has 0 bridgehead atoms. The van der Waals surface area contributed by atoms with Gasteiger partial charge in [-0.25, -0.2) is 13.9 Å². The van der Waals surface area contributed by atoms with Crippen molar-refractivity contribution in [1.29, 1.82) is 0 Å². The number of amides is 1. The Bertz CT molecular complexity index is 858. The third kappa shape index (κ3) is 2.65. The highest BCUT2D eigenvalue weighted by atomic mass is 19.1. The minimum Gasteiger partial charge on any atom is -0.326 e. The van der Waals surface area contributed by atoms with E-state index in [4.69, 9.17) is 0 Å². The molecular formula is C15H14FN5O. The average Bonchev–Trinajstić information content (AvgIpc) is 2.91. The molecule has 0 atom stereocenters. The predicted octanol–water partition coefficient (Wildman–Crippen LogP) is 2.06. The number of halogens is 1. The van der Waals surface area contributed by atoms with Crippen LogP contribution in [-0.2, 0) is 11.2 Å². The molecule has 7 heteroatoms. The molecule has 112 valence electrons. The van der Waals surface area contributed by atoms with E-state index in [1.54, 1.807) is 16.6 Å². The molecular weight excluding hydrogens is 285 g/mol. The van der Waals surface area contributed by atoms with Crippen molar-refractivity contribution in [2.75, 3.05) is 5.32 Å². The van der Waals surface area contributed by atoms with Gasteiger partial charge in [0.25, 0.3) is 5.78 Å². The first-order valence-corrected chi connectivity index (χ1v) is 6.76. The summed E-state index contributed by atoms with van der Waals surface area (Å²) in [4.78, 5) is 20.5. The number of carbonyl (C=O) groups is 1. The zero-order valence-corrected chi connectivity index (χ0v) is 12.2. The highest BCUT2D eigenvalue weighted by molar-refractivity contribution is 5.92. The molecule has 0 aliphatic rings. The van der Waals surface area contributed by atoms with Gasteiger partial charge in [-0.05, 0) is 32.0 Å². The molecule has 3 rings (SSSR count). The second-order valence-electron chi connectivity index (χ2n) is 4.97. The molecule has 0 saturated carbocycles. The molecule has 0 fully saturated rings. The third-order valence-electron chi connectivity index (χ3n) is 3.43. The first-order chi connectivity index (χ1) is 10.5. The fraction of sp³-hybridized carbons (Fsp3) is 0.200. The molecule has 0 saturated heterocycles. The van der Waals surface area contributed by atoms with Crippen LogP contribution in [0.5, 0.6) is 0 Å². The summed E-state index contributed by atoms with van der Waals surface area (Å²) in [6, 6.07) is 5.78. The standard InChI is InChI=1S/C15H14FN5O/c1-9-13(10(2)21-15(19-9)17-8-18-21)7-14(22)20-12-5-3-4-11(16)6-12/h3-6,8H,7H2,1-2H3,(H,20,22). The van der Waals surface area contributed by atoms with E-state index in [1.807, 2.05) is 13.8 Å². The summed E-state index contributed by atoms with van der Waals surface area (Å²) in [5.74, 6) is -0.127. The van der Waals surface area contributed by atoms with Gasteiger partial charge < -0.3 is 5.32 Å². The molecule has 0 aliphatic heterocycles. The van der Waals surface area contributed by atoms with Gasteiger partial charge >= 0.3 is 0 Å². The summed E-state index contributed by atoms with van der Waals surface area (Å²) < 4.78 is 14.7. The lowest BCUT2D eigenvalue weighted by molar-refractivity contribution is -0.115. The second kappa shape index (κ2) is 5.51. The quantitative estimate of drug-likeness (QED) is 0.803. The van der Waals surface area contributed by atoms with Crippen molar-refractivity contribution in [2.45, 2.75) is 20.3 Å². The molecule has 22 heavy (non-hydrogen) atoms. The SMILES string of the molecule is Cc1nc2ncnn2c(C)c1CC(=O)Nc1cccc(F)c1. The number of nitrogens with zero attached hydrogens (tertiary/aromatic N) is 4. The van der Waals surface area contributed by atoms with Crippen LogP contribution in [0.3, 0.4) is 0 Å². The minimum absolute atomic E-state index is 0.136. The van der Waals surface area contributed by atoms with Gasteiger partial charge in [0.2, 0.25) is 5.91 Å². The van der Waals surface area contributed by atoms with E-state index in [-0.39, 0.29) is 12.3 Å². The molecule has 1 aromatic carbocycles. The van der Waals surface area contributed by atoms with Crippen molar-refractivity contribution in [1.82, 2.24) is 19.6 Å². The summed E-state index contributed by atoms with van der Waals surface area (Å²) in [5.41, 5.74) is 2.75. The number of nitrogens with one attached hydrogen (secondary N) is 1. The van der Waals surface area contributed by atoms with Crippen LogP contribution in [0.4, 0.5) is 10.1 Å². The Morgan fingerprint density at radius 1 is 1.36 bits per heavy atom. The Morgan fingerprint density at radius 3 is 2.95 bits per heavy atom. The number of benzene rings is 1. The minimum atomic E-state index is -0.393. The maximum Gasteiger partial charge on any atom is 0.252 e. The highest BCUT2D eigenvalue weighted by Gasteiger charge is 2.14. The number of carbonyl (C=O) groups excluding carboxylic acids is 1. The van der Waals surface area contributed by atoms with Crippen LogP contribution in [0.25, 0.3) is 5.78 Å². The normalized spacial score (nSPS) is 10.9. The number of anilines is 1. The highest BCUT2D eigenvalue weighted by Crippen LogP contribution is 2.15. The Hall–Kier alpha value is -2.83. The molecule has 0 radical (unpaired) electrons. The molecule has 2 aromatic heterocycles. The number of aromatic nitrogens is 4. The first-order valence-electron chi connectivity index (χ1n) is 6.76. The van der Waals surface area contributed by atoms with Gasteiger partial charge in [-0.3, -0.25) is 4.79 Å². The van der Waals surface area contributed by atoms with Crippen molar-refractivity contribution in [3.8, 4) is 0 Å². The number of hydrogen-bond acceptors (Lipinski definition) is 4. The maximum absolute atomic E-state index is 13.1. The lowest BCUT2D eigenvalue weighted by atomic mass is 10.1. The van der Waals surface area contributed by atoms with Crippen molar-refractivity contribution >= 4 is 17.4 Å². The lowest BCUT2D eigenvalue weighted by Gasteiger charge is -2.10. The summed E-state index contributed by atoms with van der Waals surface area (Å²) in [6.07, 6.45) is 1.56. The molecule has 2 heterocycles. The fourth-order valence-corrected chi connectivity index (χ4v) is 2.34. The van der Waals surface area contributed by atoms with Crippen LogP contribution in [0, 0.1) is 19.7 Å².